The number of nitrogens with zero attached hydrogens (tertiary/aromatic N) is 1. The highest BCUT2D eigenvalue weighted by atomic mass is 16.3. The number of hydrogen-bond acceptors (Lipinski definition) is 2. The van der Waals surface area contributed by atoms with Gasteiger partial charge in [-0.15, -0.1) is 0 Å². The molecule has 0 bridgehead atoms. The molecular formula is C7H12BNO. The van der Waals surface area contributed by atoms with Gasteiger partial charge in [0.25, 0.3) is 0 Å². The number of aliphatic imine (C=N–C) groups is 1. The molecule has 0 heterocycles. The van der Waals surface area contributed by atoms with Crippen LogP contribution in [0.5, 0.6) is 0 Å². The van der Waals surface area contributed by atoms with E-state index in [0.717, 1.165) is 7.28 Å². The minimum Gasteiger partial charge on any atom is -0.512 e. The lowest BCUT2D eigenvalue weighted by Gasteiger charge is -1.95. The maximum Gasteiger partial charge on any atom is 0.183 e. The molecule has 0 aliphatic carbocycles. The van der Waals surface area contributed by atoms with Gasteiger partial charge in [-0.05, 0) is 6.92 Å². The van der Waals surface area contributed by atoms with Crippen LogP contribution in [-0.4, -0.2) is 18.6 Å². The van der Waals surface area contributed by atoms with Crippen molar-refractivity contribution in [2.75, 3.05) is 0 Å². The number of allylic oxidation sites excluding steroid dienone is 2. The molecule has 0 atom stereocenters. The molecule has 10 heavy (non-hydrogen) atoms. The predicted octanol–water partition coefficient (Wildman–Crippen LogP) is 1.47. The summed E-state index contributed by atoms with van der Waals surface area (Å²) in [4.78, 5) is 3.95. The Kier molecular flexibility index (Phi) is 4.38. The molecule has 0 aromatic heterocycles. The predicted molar refractivity (Wildman–Crippen MR) is 47.0 cm³/mol. The number of aliphatic hydroxyl groups is 1. The third kappa shape index (κ3) is 3.12. The summed E-state index contributed by atoms with van der Waals surface area (Å²) in [6.45, 7) is 7.04. The van der Waals surface area contributed by atoms with Crippen molar-refractivity contribution in [3.8, 4) is 0 Å². The summed E-state index contributed by atoms with van der Waals surface area (Å²) in [6.07, 6.45) is 3.15. The van der Waals surface area contributed by atoms with E-state index in [1.807, 2.05) is 6.82 Å². The first-order valence-corrected chi connectivity index (χ1v) is 3.26. The maximum absolute atomic E-state index is 8.97. The van der Waals surface area contributed by atoms with Gasteiger partial charge >= 0.3 is 0 Å². The second-order valence-electron chi connectivity index (χ2n) is 1.90. The minimum absolute atomic E-state index is 0.278. The molecule has 0 spiro atoms. The Balaban J connectivity index is 4.23. The summed E-state index contributed by atoms with van der Waals surface area (Å²) in [6, 6.07) is 0. The van der Waals surface area contributed by atoms with E-state index in [1.165, 1.54) is 0 Å². The maximum atomic E-state index is 8.97. The summed E-state index contributed by atoms with van der Waals surface area (Å²) in [5.74, 6) is 0.278. The Morgan fingerprint density at radius 1 is 1.70 bits per heavy atom. The summed E-state index contributed by atoms with van der Waals surface area (Å²) in [5.41, 5.74) is 0.708. The van der Waals surface area contributed by atoms with Gasteiger partial charge in [0.05, 0.1) is 0 Å². The highest BCUT2D eigenvalue weighted by molar-refractivity contribution is 6.43. The van der Waals surface area contributed by atoms with Crippen LogP contribution in [0.3, 0.4) is 0 Å². The van der Waals surface area contributed by atoms with E-state index in [9.17, 15) is 0 Å². The third-order valence-electron chi connectivity index (χ3n) is 1.09. The molecule has 3 heteroatoms. The first-order chi connectivity index (χ1) is 4.72. The van der Waals surface area contributed by atoms with Crippen molar-refractivity contribution in [1.82, 2.24) is 0 Å². The van der Waals surface area contributed by atoms with E-state index >= 15 is 0 Å². The number of rotatable bonds is 3. The van der Waals surface area contributed by atoms with Gasteiger partial charge in [-0.2, -0.15) is 0 Å². The van der Waals surface area contributed by atoms with E-state index in [4.69, 9.17) is 5.11 Å². The second kappa shape index (κ2) is 4.85. The fourth-order valence-electron chi connectivity index (χ4n) is 0.583. The zero-order valence-electron chi connectivity index (χ0n) is 6.46. The molecule has 0 fully saturated rings. The fourth-order valence-corrected chi connectivity index (χ4v) is 0.583. The molecule has 0 aromatic carbocycles. The van der Waals surface area contributed by atoms with Crippen LogP contribution in [-0.2, 0) is 0 Å². The monoisotopic (exact) mass is 137 g/mol. The Bertz CT molecular complexity index is 168. The zero-order chi connectivity index (χ0) is 7.98. The van der Waals surface area contributed by atoms with Crippen molar-refractivity contribution in [1.29, 1.82) is 0 Å². The molecule has 0 saturated heterocycles. The Hall–Kier alpha value is -0.985. The van der Waals surface area contributed by atoms with Crippen molar-refractivity contribution in [2.45, 2.75) is 13.7 Å². The molecule has 0 aliphatic heterocycles. The van der Waals surface area contributed by atoms with E-state index in [2.05, 4.69) is 11.6 Å². The summed E-state index contributed by atoms with van der Waals surface area (Å²) < 4.78 is 0. The van der Waals surface area contributed by atoms with Crippen LogP contribution in [0.2, 0.25) is 6.82 Å². The summed E-state index contributed by atoms with van der Waals surface area (Å²) in [7, 11) is 0.743. The van der Waals surface area contributed by atoms with Crippen molar-refractivity contribution in [3.63, 3.8) is 0 Å². The largest absolute Gasteiger partial charge is 0.512 e. The standard InChI is InChI=1S/C7H12BNO/c1-4-5-9-7(8-3)6(2)10/h4-5,8,10H,1H2,2-3H3/b7-6+,9-5-. The average Bonchev–Trinajstić information content (AvgIpc) is 1.89. The molecule has 1 N–H and O–H groups in total. The number of hydrogen-bond donors (Lipinski definition) is 1. The molecule has 0 rings (SSSR count). The lowest BCUT2D eigenvalue weighted by molar-refractivity contribution is 0.410. The molecular weight excluding hydrogens is 125 g/mol. The van der Waals surface area contributed by atoms with Gasteiger partial charge in [0, 0.05) is 11.8 Å². The SMILES string of the molecule is C=C/C=N\C(BC)=C(/C)O. The van der Waals surface area contributed by atoms with Gasteiger partial charge < -0.3 is 5.11 Å². The van der Waals surface area contributed by atoms with Gasteiger partial charge in [-0.3, -0.25) is 4.99 Å². The van der Waals surface area contributed by atoms with Crippen molar-refractivity contribution >= 4 is 13.5 Å². The average molecular weight is 137 g/mol. The zero-order valence-corrected chi connectivity index (χ0v) is 6.46. The van der Waals surface area contributed by atoms with Crippen LogP contribution in [0.25, 0.3) is 0 Å². The first kappa shape index (κ1) is 9.01. The molecule has 54 valence electrons. The molecule has 0 radical (unpaired) electrons. The van der Waals surface area contributed by atoms with Crippen LogP contribution in [0.4, 0.5) is 0 Å². The summed E-state index contributed by atoms with van der Waals surface area (Å²) in [5, 5.41) is 8.97. The fraction of sp³-hybridized carbons (Fsp3) is 0.286. The lowest BCUT2D eigenvalue weighted by Crippen LogP contribution is -1.91. The quantitative estimate of drug-likeness (QED) is 0.356. The van der Waals surface area contributed by atoms with Gasteiger partial charge in [0.1, 0.15) is 5.76 Å². The van der Waals surface area contributed by atoms with Gasteiger partial charge in [-0.1, -0.05) is 19.5 Å². The third-order valence-corrected chi connectivity index (χ3v) is 1.09. The Morgan fingerprint density at radius 2 is 2.30 bits per heavy atom. The van der Waals surface area contributed by atoms with Crippen molar-refractivity contribution in [2.24, 2.45) is 4.99 Å². The topological polar surface area (TPSA) is 32.6 Å². The highest BCUT2D eigenvalue weighted by Gasteiger charge is 1.94. The van der Waals surface area contributed by atoms with E-state index in [1.54, 1.807) is 19.2 Å². The van der Waals surface area contributed by atoms with E-state index in [0.29, 0.717) is 5.60 Å². The first-order valence-electron chi connectivity index (χ1n) is 3.26. The molecule has 0 amide bonds. The Morgan fingerprint density at radius 3 is 2.60 bits per heavy atom. The van der Waals surface area contributed by atoms with Crippen LogP contribution < -0.4 is 0 Å². The molecule has 2 nitrogen and oxygen atoms in total. The molecule has 0 saturated carbocycles. The minimum atomic E-state index is 0.278. The van der Waals surface area contributed by atoms with Crippen molar-refractivity contribution < 1.29 is 5.11 Å². The Labute approximate surface area is 62.2 Å². The van der Waals surface area contributed by atoms with Crippen molar-refractivity contribution in [3.05, 3.63) is 24.0 Å². The van der Waals surface area contributed by atoms with E-state index < -0.39 is 0 Å². The van der Waals surface area contributed by atoms with E-state index in [-0.39, 0.29) is 5.76 Å². The highest BCUT2D eigenvalue weighted by Crippen LogP contribution is 1.98. The normalized spacial score (nSPS) is 13.0. The van der Waals surface area contributed by atoms with Crippen LogP contribution >= 0.6 is 0 Å². The molecule has 0 aliphatic rings. The lowest BCUT2D eigenvalue weighted by atomic mass is 9.77. The molecule has 0 aromatic rings. The molecule has 0 unspecified atom stereocenters. The van der Waals surface area contributed by atoms with Gasteiger partial charge in [0.2, 0.25) is 0 Å². The van der Waals surface area contributed by atoms with Gasteiger partial charge in [0.15, 0.2) is 7.28 Å². The smallest absolute Gasteiger partial charge is 0.183 e. The van der Waals surface area contributed by atoms with Crippen LogP contribution in [0, 0.1) is 0 Å². The van der Waals surface area contributed by atoms with Crippen LogP contribution in [0.1, 0.15) is 6.92 Å². The van der Waals surface area contributed by atoms with Gasteiger partial charge in [-0.25, -0.2) is 0 Å². The van der Waals surface area contributed by atoms with Crippen LogP contribution in [0.15, 0.2) is 29.0 Å². The number of aliphatic hydroxyl groups excluding tert-OH is 1. The second-order valence-corrected chi connectivity index (χ2v) is 1.90. The summed E-state index contributed by atoms with van der Waals surface area (Å²) >= 11 is 0.